The first-order valence-electron chi connectivity index (χ1n) is 7.54. The van der Waals surface area contributed by atoms with Gasteiger partial charge in [-0.2, -0.15) is 0 Å². The fourth-order valence-corrected chi connectivity index (χ4v) is 4.47. The standard InChI is InChI=1S/C15H14F3NO6S/c16-9-5-11(18)12(6-10(9)17)19-26(22,23)13-1-2-15(24-3-4-25-15)7-8(13)14(20)21/h5-7,13,19H,1-4H2,(H,20,21). The summed E-state index contributed by atoms with van der Waals surface area (Å²) in [7, 11) is -4.47. The van der Waals surface area contributed by atoms with Crippen molar-refractivity contribution < 1.29 is 41.0 Å². The maximum Gasteiger partial charge on any atom is 0.332 e. The maximum absolute atomic E-state index is 13.7. The highest BCUT2D eigenvalue weighted by molar-refractivity contribution is 7.93. The lowest BCUT2D eigenvalue weighted by Gasteiger charge is -2.32. The van der Waals surface area contributed by atoms with Crippen molar-refractivity contribution in [2.24, 2.45) is 0 Å². The van der Waals surface area contributed by atoms with Crippen LogP contribution >= 0.6 is 0 Å². The van der Waals surface area contributed by atoms with E-state index in [1.807, 2.05) is 0 Å². The van der Waals surface area contributed by atoms with E-state index >= 15 is 0 Å². The molecule has 1 aromatic rings. The number of halogens is 3. The van der Waals surface area contributed by atoms with Crippen LogP contribution in [0.2, 0.25) is 0 Å². The zero-order chi connectivity index (χ0) is 19.1. The molecule has 0 aromatic heterocycles. The minimum Gasteiger partial charge on any atom is -0.478 e. The highest BCUT2D eigenvalue weighted by Crippen LogP contribution is 2.37. The van der Waals surface area contributed by atoms with E-state index in [9.17, 15) is 31.5 Å². The molecule has 142 valence electrons. The van der Waals surface area contributed by atoms with Gasteiger partial charge in [-0.25, -0.2) is 26.4 Å². The van der Waals surface area contributed by atoms with E-state index in [4.69, 9.17) is 9.47 Å². The number of hydrogen-bond donors (Lipinski definition) is 2. The Morgan fingerprint density at radius 3 is 2.38 bits per heavy atom. The summed E-state index contributed by atoms with van der Waals surface area (Å²) >= 11 is 0. The Kier molecular flexibility index (Phi) is 4.71. The molecule has 0 bridgehead atoms. The zero-order valence-electron chi connectivity index (χ0n) is 13.2. The average Bonchev–Trinajstić information content (AvgIpc) is 3.00. The van der Waals surface area contributed by atoms with E-state index in [1.165, 1.54) is 0 Å². The summed E-state index contributed by atoms with van der Waals surface area (Å²) in [6.45, 7) is 0.471. The van der Waals surface area contributed by atoms with Gasteiger partial charge in [0.25, 0.3) is 0 Å². The first-order valence-corrected chi connectivity index (χ1v) is 9.08. The summed E-state index contributed by atoms with van der Waals surface area (Å²) in [5.41, 5.74) is -1.32. The van der Waals surface area contributed by atoms with Gasteiger partial charge in [0.1, 0.15) is 11.1 Å². The second-order valence-corrected chi connectivity index (χ2v) is 7.70. The van der Waals surface area contributed by atoms with Crippen molar-refractivity contribution in [3.63, 3.8) is 0 Å². The fraction of sp³-hybridized carbons (Fsp3) is 0.400. The van der Waals surface area contributed by atoms with E-state index in [0.29, 0.717) is 6.07 Å². The summed E-state index contributed by atoms with van der Waals surface area (Å²) in [4.78, 5) is 11.5. The van der Waals surface area contributed by atoms with Crippen LogP contribution in [-0.4, -0.2) is 43.7 Å². The number of ether oxygens (including phenoxy) is 2. The van der Waals surface area contributed by atoms with Crippen LogP contribution in [0.1, 0.15) is 12.8 Å². The van der Waals surface area contributed by atoms with Gasteiger partial charge in [0.15, 0.2) is 17.4 Å². The van der Waals surface area contributed by atoms with Crippen LogP contribution in [0.3, 0.4) is 0 Å². The quantitative estimate of drug-likeness (QED) is 0.756. The third kappa shape index (κ3) is 3.41. The van der Waals surface area contributed by atoms with Crippen LogP contribution in [0.5, 0.6) is 0 Å². The summed E-state index contributed by atoms with van der Waals surface area (Å²) in [6.07, 6.45) is 0.964. The number of sulfonamides is 1. The first kappa shape index (κ1) is 18.7. The van der Waals surface area contributed by atoms with E-state index in [2.05, 4.69) is 0 Å². The molecule has 1 aliphatic carbocycles. The maximum atomic E-state index is 13.7. The molecule has 26 heavy (non-hydrogen) atoms. The van der Waals surface area contributed by atoms with Gasteiger partial charge in [0.05, 0.1) is 24.5 Å². The van der Waals surface area contributed by atoms with Crippen LogP contribution < -0.4 is 4.72 Å². The average molecular weight is 393 g/mol. The first-order chi connectivity index (χ1) is 12.1. The van der Waals surface area contributed by atoms with Crippen molar-refractivity contribution >= 4 is 21.7 Å². The molecule has 1 saturated heterocycles. The van der Waals surface area contributed by atoms with Gasteiger partial charge in [-0.05, 0) is 12.5 Å². The predicted octanol–water partition coefficient (Wildman–Crippen LogP) is 1.76. The number of benzene rings is 1. The smallest absolute Gasteiger partial charge is 0.332 e. The lowest BCUT2D eigenvalue weighted by atomic mass is 9.94. The molecule has 11 heteroatoms. The van der Waals surface area contributed by atoms with Gasteiger partial charge < -0.3 is 14.6 Å². The van der Waals surface area contributed by atoms with Crippen LogP contribution in [0, 0.1) is 17.5 Å². The number of carboxylic acid groups (broad SMARTS) is 1. The van der Waals surface area contributed by atoms with Crippen molar-refractivity contribution in [3.05, 3.63) is 41.2 Å². The highest BCUT2D eigenvalue weighted by atomic mass is 32.2. The molecule has 0 saturated carbocycles. The predicted molar refractivity (Wildman–Crippen MR) is 82.2 cm³/mol. The number of anilines is 1. The minimum absolute atomic E-state index is 0.0651. The molecule has 1 aliphatic heterocycles. The minimum atomic E-state index is -4.47. The summed E-state index contributed by atoms with van der Waals surface area (Å²) in [5.74, 6) is -7.07. The van der Waals surface area contributed by atoms with Crippen LogP contribution in [0.4, 0.5) is 18.9 Å². The van der Waals surface area contributed by atoms with Crippen molar-refractivity contribution in [2.75, 3.05) is 17.9 Å². The molecule has 1 aromatic carbocycles. The lowest BCUT2D eigenvalue weighted by Crippen LogP contribution is -2.42. The van der Waals surface area contributed by atoms with E-state index in [1.54, 1.807) is 4.72 Å². The number of aliphatic carboxylic acids is 1. The van der Waals surface area contributed by atoms with Gasteiger partial charge in [-0.1, -0.05) is 0 Å². The monoisotopic (exact) mass is 393 g/mol. The van der Waals surface area contributed by atoms with Gasteiger partial charge in [0.2, 0.25) is 10.0 Å². The van der Waals surface area contributed by atoms with Crippen molar-refractivity contribution in [2.45, 2.75) is 23.9 Å². The van der Waals surface area contributed by atoms with Crippen molar-refractivity contribution in [1.82, 2.24) is 0 Å². The van der Waals surface area contributed by atoms with E-state index < -0.39 is 55.7 Å². The molecule has 0 amide bonds. The molecule has 2 N–H and O–H groups in total. The molecule has 0 radical (unpaired) electrons. The Bertz CT molecular complexity index is 880. The summed E-state index contributed by atoms with van der Waals surface area (Å²) in [5, 5.41) is 7.81. The van der Waals surface area contributed by atoms with Crippen LogP contribution in [-0.2, 0) is 24.3 Å². The fourth-order valence-electron chi connectivity index (χ4n) is 2.93. The van der Waals surface area contributed by atoms with Gasteiger partial charge >= 0.3 is 5.97 Å². The van der Waals surface area contributed by atoms with Gasteiger partial charge in [-0.3, -0.25) is 4.72 Å². The Morgan fingerprint density at radius 2 is 1.77 bits per heavy atom. The normalized spacial score (nSPS) is 22.3. The molecule has 3 rings (SSSR count). The number of hydrogen-bond acceptors (Lipinski definition) is 5. The van der Waals surface area contributed by atoms with E-state index in [-0.39, 0.29) is 32.1 Å². The third-order valence-electron chi connectivity index (χ3n) is 4.14. The van der Waals surface area contributed by atoms with Crippen LogP contribution in [0.15, 0.2) is 23.8 Å². The summed E-state index contributed by atoms with van der Waals surface area (Å²) < 4.78 is 77.6. The second-order valence-electron chi connectivity index (χ2n) is 5.83. The number of carboxylic acids is 1. The molecular formula is C15H14F3NO6S. The molecule has 1 unspecified atom stereocenters. The summed E-state index contributed by atoms with van der Waals surface area (Å²) in [6, 6.07) is 0.539. The number of rotatable bonds is 4. The number of nitrogens with one attached hydrogen (secondary N) is 1. The van der Waals surface area contributed by atoms with Gasteiger partial charge in [0, 0.05) is 18.6 Å². The molecule has 7 nitrogen and oxygen atoms in total. The van der Waals surface area contributed by atoms with Crippen molar-refractivity contribution in [1.29, 1.82) is 0 Å². The molecular weight excluding hydrogens is 379 g/mol. The third-order valence-corrected chi connectivity index (χ3v) is 5.88. The Morgan fingerprint density at radius 1 is 1.15 bits per heavy atom. The molecule has 2 aliphatic rings. The largest absolute Gasteiger partial charge is 0.478 e. The number of carbonyl (C=O) groups is 1. The Hall–Kier alpha value is -2.11. The van der Waals surface area contributed by atoms with Crippen molar-refractivity contribution in [3.8, 4) is 0 Å². The van der Waals surface area contributed by atoms with Crippen LogP contribution in [0.25, 0.3) is 0 Å². The molecule has 1 spiro atoms. The zero-order valence-corrected chi connectivity index (χ0v) is 14.0. The topological polar surface area (TPSA) is 102 Å². The highest BCUT2D eigenvalue weighted by Gasteiger charge is 2.45. The lowest BCUT2D eigenvalue weighted by molar-refractivity contribution is -0.138. The van der Waals surface area contributed by atoms with Gasteiger partial charge in [-0.15, -0.1) is 0 Å². The second kappa shape index (κ2) is 6.56. The molecule has 1 atom stereocenters. The SMILES string of the molecule is O=C(O)C1=CC2(CCC1S(=O)(=O)Nc1cc(F)c(F)cc1F)OCCO2. The Labute approximate surface area is 146 Å². The molecule has 1 fully saturated rings. The van der Waals surface area contributed by atoms with E-state index in [0.717, 1.165) is 6.08 Å². The Balaban J connectivity index is 1.94. The molecule has 1 heterocycles.